The summed E-state index contributed by atoms with van der Waals surface area (Å²) in [5.41, 5.74) is 1.46. The van der Waals surface area contributed by atoms with Gasteiger partial charge in [0.25, 0.3) is 5.91 Å². The van der Waals surface area contributed by atoms with Crippen LogP contribution in [0, 0.1) is 12.8 Å². The van der Waals surface area contributed by atoms with E-state index >= 15 is 0 Å². The maximum Gasteiger partial charge on any atom is 0.254 e. The fourth-order valence-corrected chi connectivity index (χ4v) is 3.14. The molecule has 2 aromatic rings. The summed E-state index contributed by atoms with van der Waals surface area (Å²) in [6.45, 7) is 8.28. The largest absolute Gasteiger partial charge is 0.361 e. The number of nitrogens with zero attached hydrogens (tertiary/aromatic N) is 2. The van der Waals surface area contributed by atoms with Crippen LogP contribution in [0.1, 0.15) is 55.4 Å². The minimum Gasteiger partial charge on any atom is -0.361 e. The van der Waals surface area contributed by atoms with Crippen molar-refractivity contribution in [2.75, 3.05) is 0 Å². The molecule has 0 aliphatic carbocycles. The quantitative estimate of drug-likeness (QED) is 0.724. The summed E-state index contributed by atoms with van der Waals surface area (Å²) < 4.78 is 5.07. The molecule has 0 aliphatic rings. The maximum absolute atomic E-state index is 12.5. The number of aromatic nitrogens is 2. The van der Waals surface area contributed by atoms with E-state index < -0.39 is 0 Å². The Hall–Kier alpha value is -1.82. The Labute approximate surface area is 147 Å². The highest BCUT2D eigenvalue weighted by Crippen LogP contribution is 2.24. The van der Waals surface area contributed by atoms with E-state index in [1.807, 2.05) is 26.0 Å². The summed E-state index contributed by atoms with van der Waals surface area (Å²) in [5.74, 6) is 1.97. The lowest BCUT2D eigenvalue weighted by molar-refractivity contribution is 0.0933. The topological polar surface area (TPSA) is 68.0 Å². The molecule has 6 heteroatoms. The van der Waals surface area contributed by atoms with E-state index in [2.05, 4.69) is 29.3 Å². The number of carbonyl (C=O) groups excluding carboxylic acids is 1. The van der Waals surface area contributed by atoms with Gasteiger partial charge in [-0.2, -0.15) is 0 Å². The summed E-state index contributed by atoms with van der Waals surface area (Å²) >= 11 is 1.49. The van der Waals surface area contributed by atoms with Crippen molar-refractivity contribution < 1.29 is 9.32 Å². The number of pyridine rings is 1. The second-order valence-electron chi connectivity index (χ2n) is 6.42. The molecular formula is C18H25N3O2S. The predicted molar refractivity (Wildman–Crippen MR) is 96.0 cm³/mol. The number of thioether (sulfide) groups is 1. The maximum atomic E-state index is 12.5. The molecule has 1 atom stereocenters. The van der Waals surface area contributed by atoms with Crippen LogP contribution in [-0.4, -0.2) is 22.1 Å². The van der Waals surface area contributed by atoms with Crippen molar-refractivity contribution in [2.45, 2.75) is 57.4 Å². The van der Waals surface area contributed by atoms with Gasteiger partial charge in [0.1, 0.15) is 10.8 Å². The lowest BCUT2D eigenvalue weighted by Gasteiger charge is -2.16. The summed E-state index contributed by atoms with van der Waals surface area (Å²) in [4.78, 5) is 16.9. The fourth-order valence-electron chi connectivity index (χ4n) is 2.26. The smallest absolute Gasteiger partial charge is 0.254 e. The van der Waals surface area contributed by atoms with Crippen LogP contribution < -0.4 is 5.32 Å². The zero-order valence-corrected chi connectivity index (χ0v) is 15.5. The second-order valence-corrected chi connectivity index (χ2v) is 7.38. The Morgan fingerprint density at radius 2 is 2.12 bits per heavy atom. The number of carbonyl (C=O) groups is 1. The molecule has 0 bridgehead atoms. The van der Waals surface area contributed by atoms with E-state index in [1.165, 1.54) is 11.8 Å². The molecular weight excluding hydrogens is 322 g/mol. The van der Waals surface area contributed by atoms with Gasteiger partial charge in [-0.15, -0.1) is 0 Å². The first-order valence-corrected chi connectivity index (χ1v) is 9.25. The molecule has 0 radical (unpaired) electrons. The van der Waals surface area contributed by atoms with Gasteiger partial charge in [-0.3, -0.25) is 4.79 Å². The van der Waals surface area contributed by atoms with Gasteiger partial charge in [0.2, 0.25) is 0 Å². The van der Waals surface area contributed by atoms with E-state index in [1.54, 1.807) is 12.3 Å². The molecule has 0 saturated heterocycles. The zero-order chi connectivity index (χ0) is 17.5. The number of rotatable bonds is 8. The lowest BCUT2D eigenvalue weighted by atomic mass is 10.0. The molecule has 2 aromatic heterocycles. The number of hydrogen-bond acceptors (Lipinski definition) is 5. The van der Waals surface area contributed by atoms with Crippen LogP contribution in [0.25, 0.3) is 0 Å². The monoisotopic (exact) mass is 347 g/mol. The molecule has 0 spiro atoms. The first-order valence-electron chi connectivity index (χ1n) is 8.26. The van der Waals surface area contributed by atoms with Crippen LogP contribution in [-0.2, 0) is 5.75 Å². The predicted octanol–water partition coefficient (Wildman–Crippen LogP) is 4.22. The van der Waals surface area contributed by atoms with Gasteiger partial charge in [-0.05, 0) is 44.7 Å². The van der Waals surface area contributed by atoms with E-state index in [4.69, 9.17) is 4.52 Å². The fraction of sp³-hybridized carbons (Fsp3) is 0.500. The SMILES string of the molecule is Cc1cc(CSc2ncccc2C(=O)NC(C)CCC(C)C)no1. The third-order valence-corrected chi connectivity index (χ3v) is 4.64. The summed E-state index contributed by atoms with van der Waals surface area (Å²) in [6, 6.07) is 5.64. The van der Waals surface area contributed by atoms with Gasteiger partial charge in [0.15, 0.2) is 0 Å². The van der Waals surface area contributed by atoms with Crippen molar-refractivity contribution in [3.8, 4) is 0 Å². The highest BCUT2D eigenvalue weighted by atomic mass is 32.2. The summed E-state index contributed by atoms with van der Waals surface area (Å²) in [6.07, 6.45) is 3.78. The minimum atomic E-state index is -0.0711. The number of hydrogen-bond donors (Lipinski definition) is 1. The molecule has 1 N–H and O–H groups in total. The average molecular weight is 347 g/mol. The average Bonchev–Trinajstić information content (AvgIpc) is 2.96. The van der Waals surface area contributed by atoms with Crippen LogP contribution in [0.3, 0.4) is 0 Å². The van der Waals surface area contributed by atoms with Crippen LogP contribution in [0.2, 0.25) is 0 Å². The molecule has 130 valence electrons. The number of amides is 1. The molecule has 0 aliphatic heterocycles. The van der Waals surface area contributed by atoms with Gasteiger partial charge in [-0.1, -0.05) is 30.8 Å². The summed E-state index contributed by atoms with van der Waals surface area (Å²) in [7, 11) is 0. The molecule has 0 saturated carbocycles. The number of aryl methyl sites for hydroxylation is 1. The van der Waals surface area contributed by atoms with Crippen LogP contribution in [0.15, 0.2) is 33.9 Å². The Bertz CT molecular complexity index is 670. The molecule has 0 aromatic carbocycles. The molecule has 5 nitrogen and oxygen atoms in total. The molecule has 0 fully saturated rings. The van der Waals surface area contributed by atoms with E-state index in [0.717, 1.165) is 24.3 Å². The van der Waals surface area contributed by atoms with Crippen molar-refractivity contribution in [1.82, 2.24) is 15.5 Å². The van der Waals surface area contributed by atoms with Gasteiger partial charge in [0.05, 0.1) is 11.3 Å². The second kappa shape index (κ2) is 8.87. The van der Waals surface area contributed by atoms with Crippen molar-refractivity contribution >= 4 is 17.7 Å². The molecule has 2 rings (SSSR count). The first-order chi connectivity index (χ1) is 11.5. The lowest BCUT2D eigenvalue weighted by Crippen LogP contribution is -2.33. The van der Waals surface area contributed by atoms with Crippen LogP contribution in [0.5, 0.6) is 0 Å². The van der Waals surface area contributed by atoms with Crippen molar-refractivity contribution in [2.24, 2.45) is 5.92 Å². The Balaban J connectivity index is 1.98. The minimum absolute atomic E-state index is 0.0711. The highest BCUT2D eigenvalue weighted by Gasteiger charge is 2.16. The Morgan fingerprint density at radius 1 is 1.33 bits per heavy atom. The highest BCUT2D eigenvalue weighted by molar-refractivity contribution is 7.98. The van der Waals surface area contributed by atoms with Crippen molar-refractivity contribution in [3.63, 3.8) is 0 Å². The third-order valence-electron chi connectivity index (χ3n) is 3.60. The van der Waals surface area contributed by atoms with Crippen LogP contribution in [0.4, 0.5) is 0 Å². The van der Waals surface area contributed by atoms with E-state index in [0.29, 0.717) is 22.3 Å². The van der Waals surface area contributed by atoms with Gasteiger partial charge in [-0.25, -0.2) is 4.98 Å². The third kappa shape index (κ3) is 5.67. The molecule has 1 amide bonds. The van der Waals surface area contributed by atoms with Crippen molar-refractivity contribution in [3.05, 3.63) is 41.4 Å². The van der Waals surface area contributed by atoms with Gasteiger partial charge in [0, 0.05) is 24.1 Å². The normalized spacial score (nSPS) is 12.4. The van der Waals surface area contributed by atoms with Crippen molar-refractivity contribution in [1.29, 1.82) is 0 Å². The van der Waals surface area contributed by atoms with Gasteiger partial charge >= 0.3 is 0 Å². The molecule has 2 heterocycles. The van der Waals surface area contributed by atoms with E-state index in [-0.39, 0.29) is 11.9 Å². The standard InChI is InChI=1S/C18H25N3O2S/c1-12(2)7-8-13(3)20-17(22)16-6-5-9-19-18(16)24-11-15-10-14(4)23-21-15/h5-6,9-10,12-13H,7-8,11H2,1-4H3,(H,20,22). The molecule has 24 heavy (non-hydrogen) atoms. The Morgan fingerprint density at radius 3 is 2.79 bits per heavy atom. The zero-order valence-electron chi connectivity index (χ0n) is 14.7. The number of nitrogens with one attached hydrogen (secondary N) is 1. The molecule has 1 unspecified atom stereocenters. The summed E-state index contributed by atoms with van der Waals surface area (Å²) in [5, 5.41) is 7.75. The van der Waals surface area contributed by atoms with Gasteiger partial charge < -0.3 is 9.84 Å². The first kappa shape index (κ1) is 18.5. The van der Waals surface area contributed by atoms with Crippen LogP contribution >= 0.6 is 11.8 Å². The Kier molecular flexibility index (Phi) is 6.85. The van der Waals surface area contributed by atoms with E-state index in [9.17, 15) is 4.79 Å².